The quantitative estimate of drug-likeness (QED) is 0.691. The van der Waals surface area contributed by atoms with Gasteiger partial charge in [0.25, 0.3) is 0 Å². The molecule has 0 bridgehead atoms. The number of aryl methyl sites for hydroxylation is 1. The second-order valence-corrected chi connectivity index (χ2v) is 6.09. The first-order valence-corrected chi connectivity index (χ1v) is 8.12. The van der Waals surface area contributed by atoms with Crippen molar-refractivity contribution in [3.63, 3.8) is 0 Å². The van der Waals surface area contributed by atoms with Crippen LogP contribution in [0.15, 0.2) is 48.5 Å². The first-order valence-electron chi connectivity index (χ1n) is 8.12. The SMILES string of the molecule is c1ccc2c(c1)c1ccccc1n2CCCN1CCCC1. The van der Waals surface area contributed by atoms with Crippen LogP contribution in [0.4, 0.5) is 0 Å². The molecule has 1 fully saturated rings. The van der Waals surface area contributed by atoms with Crippen LogP contribution in [0.1, 0.15) is 19.3 Å². The fourth-order valence-electron chi connectivity index (χ4n) is 3.70. The summed E-state index contributed by atoms with van der Waals surface area (Å²) in [7, 11) is 0. The molecule has 0 saturated carbocycles. The molecule has 0 unspecified atom stereocenters. The Bertz CT molecular complexity index is 697. The highest BCUT2D eigenvalue weighted by Crippen LogP contribution is 2.28. The normalized spacial score (nSPS) is 16.2. The molecule has 2 aromatic carbocycles. The standard InChI is InChI=1S/C19H22N2/c1-3-10-18-16(8-1)17-9-2-4-11-19(17)21(18)15-7-14-20-12-5-6-13-20/h1-4,8-11H,5-7,12-15H2. The zero-order valence-corrected chi connectivity index (χ0v) is 12.5. The molecule has 2 heteroatoms. The van der Waals surface area contributed by atoms with Crippen molar-refractivity contribution in [1.29, 1.82) is 0 Å². The van der Waals surface area contributed by atoms with E-state index >= 15 is 0 Å². The van der Waals surface area contributed by atoms with Crippen molar-refractivity contribution in [2.45, 2.75) is 25.8 Å². The summed E-state index contributed by atoms with van der Waals surface area (Å²) in [5.41, 5.74) is 2.75. The molecule has 0 N–H and O–H groups in total. The van der Waals surface area contributed by atoms with Gasteiger partial charge in [-0.05, 0) is 51.0 Å². The Labute approximate surface area is 126 Å². The van der Waals surface area contributed by atoms with Crippen molar-refractivity contribution in [3.8, 4) is 0 Å². The Balaban J connectivity index is 1.65. The van der Waals surface area contributed by atoms with Crippen LogP contribution < -0.4 is 0 Å². The van der Waals surface area contributed by atoms with E-state index in [9.17, 15) is 0 Å². The van der Waals surface area contributed by atoms with Crippen LogP contribution in [0.5, 0.6) is 0 Å². The van der Waals surface area contributed by atoms with Crippen LogP contribution in [0.2, 0.25) is 0 Å². The molecule has 1 aliphatic rings. The van der Waals surface area contributed by atoms with Gasteiger partial charge in [0, 0.05) is 28.4 Å². The molecular formula is C19H22N2. The van der Waals surface area contributed by atoms with Gasteiger partial charge in [-0.3, -0.25) is 0 Å². The van der Waals surface area contributed by atoms with Gasteiger partial charge in [-0.15, -0.1) is 0 Å². The van der Waals surface area contributed by atoms with E-state index in [2.05, 4.69) is 58.0 Å². The van der Waals surface area contributed by atoms with Gasteiger partial charge in [0.15, 0.2) is 0 Å². The molecule has 0 atom stereocenters. The largest absolute Gasteiger partial charge is 0.340 e. The molecule has 3 aromatic rings. The van der Waals surface area contributed by atoms with Gasteiger partial charge in [-0.1, -0.05) is 36.4 Å². The van der Waals surface area contributed by atoms with E-state index in [0.29, 0.717) is 0 Å². The molecule has 0 spiro atoms. The Hall–Kier alpha value is -1.80. The van der Waals surface area contributed by atoms with E-state index in [1.807, 2.05) is 0 Å². The topological polar surface area (TPSA) is 8.17 Å². The van der Waals surface area contributed by atoms with E-state index in [1.54, 1.807) is 0 Å². The third kappa shape index (κ3) is 2.34. The van der Waals surface area contributed by atoms with Crippen LogP contribution in [0.3, 0.4) is 0 Å². The van der Waals surface area contributed by atoms with Crippen molar-refractivity contribution in [2.24, 2.45) is 0 Å². The molecular weight excluding hydrogens is 256 g/mol. The Kier molecular flexibility index (Phi) is 3.40. The monoisotopic (exact) mass is 278 g/mol. The Morgan fingerprint density at radius 1 is 0.714 bits per heavy atom. The lowest BCUT2D eigenvalue weighted by molar-refractivity contribution is 0.327. The number of fused-ring (bicyclic) bond motifs is 3. The molecule has 1 aliphatic heterocycles. The highest BCUT2D eigenvalue weighted by atomic mass is 15.1. The first kappa shape index (κ1) is 12.9. The number of hydrogen-bond acceptors (Lipinski definition) is 1. The van der Waals surface area contributed by atoms with Crippen LogP contribution in [-0.4, -0.2) is 29.1 Å². The van der Waals surface area contributed by atoms with Crippen molar-refractivity contribution < 1.29 is 0 Å². The predicted octanol–water partition coefficient (Wildman–Crippen LogP) is 4.28. The summed E-state index contributed by atoms with van der Waals surface area (Å²) in [5, 5.41) is 2.77. The fraction of sp³-hybridized carbons (Fsp3) is 0.368. The molecule has 2 heterocycles. The first-order chi connectivity index (χ1) is 10.4. The maximum absolute atomic E-state index is 2.61. The number of rotatable bonds is 4. The van der Waals surface area contributed by atoms with Gasteiger partial charge in [-0.25, -0.2) is 0 Å². The van der Waals surface area contributed by atoms with Crippen molar-refractivity contribution in [3.05, 3.63) is 48.5 Å². The predicted molar refractivity (Wildman–Crippen MR) is 89.7 cm³/mol. The number of nitrogens with zero attached hydrogens (tertiary/aromatic N) is 2. The third-order valence-electron chi connectivity index (χ3n) is 4.73. The van der Waals surface area contributed by atoms with E-state index in [1.165, 1.54) is 60.7 Å². The van der Waals surface area contributed by atoms with Crippen molar-refractivity contribution in [1.82, 2.24) is 9.47 Å². The molecule has 2 nitrogen and oxygen atoms in total. The van der Waals surface area contributed by atoms with E-state index in [0.717, 1.165) is 6.54 Å². The van der Waals surface area contributed by atoms with Crippen LogP contribution >= 0.6 is 0 Å². The Morgan fingerprint density at radius 3 is 1.90 bits per heavy atom. The lowest BCUT2D eigenvalue weighted by Gasteiger charge is -2.15. The van der Waals surface area contributed by atoms with Gasteiger partial charge >= 0.3 is 0 Å². The van der Waals surface area contributed by atoms with Crippen LogP contribution in [-0.2, 0) is 6.54 Å². The summed E-state index contributed by atoms with van der Waals surface area (Å²) >= 11 is 0. The smallest absolute Gasteiger partial charge is 0.0491 e. The Morgan fingerprint density at radius 2 is 1.29 bits per heavy atom. The summed E-state index contributed by atoms with van der Waals surface area (Å²) < 4.78 is 2.50. The molecule has 1 aromatic heterocycles. The number of hydrogen-bond donors (Lipinski definition) is 0. The molecule has 0 amide bonds. The molecule has 0 radical (unpaired) electrons. The summed E-state index contributed by atoms with van der Waals surface area (Å²) in [5.74, 6) is 0. The second kappa shape index (κ2) is 5.53. The zero-order valence-electron chi connectivity index (χ0n) is 12.5. The number of para-hydroxylation sites is 2. The highest BCUT2D eigenvalue weighted by molar-refractivity contribution is 6.07. The van der Waals surface area contributed by atoms with Crippen molar-refractivity contribution in [2.75, 3.05) is 19.6 Å². The summed E-state index contributed by atoms with van der Waals surface area (Å²) in [6, 6.07) is 17.6. The minimum Gasteiger partial charge on any atom is -0.340 e. The minimum atomic E-state index is 1.12. The average molecular weight is 278 g/mol. The van der Waals surface area contributed by atoms with Crippen LogP contribution in [0, 0.1) is 0 Å². The summed E-state index contributed by atoms with van der Waals surface area (Å²) in [6.07, 6.45) is 4.01. The second-order valence-electron chi connectivity index (χ2n) is 6.09. The average Bonchev–Trinajstić information content (AvgIpc) is 3.15. The third-order valence-corrected chi connectivity index (χ3v) is 4.73. The fourth-order valence-corrected chi connectivity index (χ4v) is 3.70. The molecule has 4 rings (SSSR count). The maximum atomic E-state index is 2.61. The van der Waals surface area contributed by atoms with E-state index < -0.39 is 0 Å². The van der Waals surface area contributed by atoms with Gasteiger partial charge in [-0.2, -0.15) is 0 Å². The van der Waals surface area contributed by atoms with Gasteiger partial charge in [0.1, 0.15) is 0 Å². The number of benzene rings is 2. The van der Waals surface area contributed by atoms with Gasteiger partial charge in [0.05, 0.1) is 0 Å². The van der Waals surface area contributed by atoms with Gasteiger partial charge < -0.3 is 9.47 Å². The minimum absolute atomic E-state index is 1.12. The molecule has 0 aliphatic carbocycles. The van der Waals surface area contributed by atoms with Crippen LogP contribution in [0.25, 0.3) is 21.8 Å². The summed E-state index contributed by atoms with van der Waals surface area (Å²) in [6.45, 7) is 4.95. The summed E-state index contributed by atoms with van der Waals surface area (Å²) in [4.78, 5) is 2.61. The van der Waals surface area contributed by atoms with Crippen molar-refractivity contribution >= 4 is 21.8 Å². The maximum Gasteiger partial charge on any atom is 0.0491 e. The lowest BCUT2D eigenvalue weighted by atomic mass is 10.2. The highest BCUT2D eigenvalue weighted by Gasteiger charge is 2.12. The molecule has 1 saturated heterocycles. The molecule has 108 valence electrons. The lowest BCUT2D eigenvalue weighted by Crippen LogP contribution is -2.21. The molecule has 21 heavy (non-hydrogen) atoms. The van der Waals surface area contributed by atoms with E-state index in [-0.39, 0.29) is 0 Å². The van der Waals surface area contributed by atoms with Gasteiger partial charge in [0.2, 0.25) is 0 Å². The van der Waals surface area contributed by atoms with E-state index in [4.69, 9.17) is 0 Å². The zero-order chi connectivity index (χ0) is 14.1. The number of likely N-dealkylation sites (tertiary alicyclic amines) is 1. The number of aromatic nitrogens is 1.